The molecule has 3 rings (SSSR count). The van der Waals surface area contributed by atoms with Gasteiger partial charge >= 0.3 is 0 Å². The van der Waals surface area contributed by atoms with Crippen molar-refractivity contribution in [1.29, 1.82) is 0 Å². The molecule has 0 aliphatic heterocycles. The van der Waals surface area contributed by atoms with Gasteiger partial charge in [0, 0.05) is 5.92 Å². The summed E-state index contributed by atoms with van der Waals surface area (Å²) in [5, 5.41) is 8.20. The van der Waals surface area contributed by atoms with Crippen molar-refractivity contribution in [1.82, 2.24) is 15.0 Å². The van der Waals surface area contributed by atoms with Gasteiger partial charge in [0.2, 0.25) is 0 Å². The lowest BCUT2D eigenvalue weighted by molar-refractivity contribution is 0.111. The lowest BCUT2D eigenvalue weighted by Crippen LogP contribution is -2.20. The van der Waals surface area contributed by atoms with Gasteiger partial charge in [0.25, 0.3) is 0 Å². The van der Waals surface area contributed by atoms with Gasteiger partial charge in [-0.2, -0.15) is 0 Å². The van der Waals surface area contributed by atoms with Crippen LogP contribution in [0.1, 0.15) is 67.2 Å². The van der Waals surface area contributed by atoms with E-state index in [0.717, 1.165) is 17.9 Å². The summed E-state index contributed by atoms with van der Waals surface area (Å²) in [7, 11) is 0. The van der Waals surface area contributed by atoms with Gasteiger partial charge in [0.1, 0.15) is 5.69 Å². The van der Waals surface area contributed by atoms with Crippen molar-refractivity contribution in [2.75, 3.05) is 0 Å². The summed E-state index contributed by atoms with van der Waals surface area (Å²) in [5.41, 5.74) is 1.66. The summed E-state index contributed by atoms with van der Waals surface area (Å²) >= 11 is 0. The van der Waals surface area contributed by atoms with Crippen LogP contribution in [0.5, 0.6) is 0 Å². The fourth-order valence-corrected chi connectivity index (χ4v) is 2.55. The summed E-state index contributed by atoms with van der Waals surface area (Å²) < 4.78 is 2.02. The molecule has 4 heteroatoms. The molecule has 2 saturated carbocycles. The molecule has 0 saturated heterocycles. The highest BCUT2D eigenvalue weighted by Gasteiger charge is 2.35. The molecule has 2 aliphatic rings. The minimum Gasteiger partial charge on any atom is -0.296 e. The van der Waals surface area contributed by atoms with Crippen LogP contribution in [0.15, 0.2) is 0 Å². The standard InChI is InChI=1S/C12H17N3O/c1-8(9-5-6-9)15-12(10-3-2-4-10)11(7-16)13-14-15/h7-10H,2-6H2,1H3. The summed E-state index contributed by atoms with van der Waals surface area (Å²) in [6.07, 6.45) is 7.09. The normalized spacial score (nSPS) is 22.8. The highest BCUT2D eigenvalue weighted by Crippen LogP contribution is 2.43. The maximum absolute atomic E-state index is 11.0. The number of aromatic nitrogens is 3. The first-order valence-electron chi connectivity index (χ1n) is 6.21. The molecule has 0 spiro atoms. The van der Waals surface area contributed by atoms with E-state index in [-0.39, 0.29) is 0 Å². The average molecular weight is 219 g/mol. The van der Waals surface area contributed by atoms with Crippen LogP contribution >= 0.6 is 0 Å². The minimum atomic E-state index is 0.414. The summed E-state index contributed by atoms with van der Waals surface area (Å²) in [5.74, 6) is 1.27. The van der Waals surface area contributed by atoms with Crippen molar-refractivity contribution in [3.63, 3.8) is 0 Å². The van der Waals surface area contributed by atoms with Crippen LogP contribution in [0.3, 0.4) is 0 Å². The van der Waals surface area contributed by atoms with Crippen molar-refractivity contribution in [2.45, 2.75) is 51.0 Å². The van der Waals surface area contributed by atoms with E-state index in [2.05, 4.69) is 17.2 Å². The highest BCUT2D eigenvalue weighted by molar-refractivity contribution is 5.73. The number of carbonyl (C=O) groups excluding carboxylic acids is 1. The number of aldehydes is 1. The molecule has 0 aromatic carbocycles. The van der Waals surface area contributed by atoms with Crippen molar-refractivity contribution in [3.8, 4) is 0 Å². The van der Waals surface area contributed by atoms with E-state index < -0.39 is 0 Å². The zero-order chi connectivity index (χ0) is 11.1. The molecule has 0 N–H and O–H groups in total. The molecule has 1 unspecified atom stereocenters. The second-order valence-corrected chi connectivity index (χ2v) is 5.13. The van der Waals surface area contributed by atoms with Gasteiger partial charge in [-0.25, -0.2) is 4.68 Å². The molecular weight excluding hydrogens is 202 g/mol. The van der Waals surface area contributed by atoms with Crippen LogP contribution in [-0.4, -0.2) is 21.3 Å². The van der Waals surface area contributed by atoms with Gasteiger partial charge in [-0.3, -0.25) is 4.79 Å². The number of carbonyl (C=O) groups is 1. The molecule has 1 aromatic rings. The molecule has 16 heavy (non-hydrogen) atoms. The van der Waals surface area contributed by atoms with E-state index in [9.17, 15) is 4.79 Å². The van der Waals surface area contributed by atoms with Gasteiger partial charge in [-0.1, -0.05) is 11.6 Å². The monoisotopic (exact) mass is 219 g/mol. The lowest BCUT2D eigenvalue weighted by Gasteiger charge is -2.27. The van der Waals surface area contributed by atoms with E-state index in [1.165, 1.54) is 32.1 Å². The van der Waals surface area contributed by atoms with Gasteiger partial charge in [-0.15, -0.1) is 5.10 Å². The van der Waals surface area contributed by atoms with Crippen LogP contribution in [0, 0.1) is 5.92 Å². The molecule has 0 radical (unpaired) electrons. The third kappa shape index (κ3) is 1.47. The first-order chi connectivity index (χ1) is 7.81. The number of hydrogen-bond donors (Lipinski definition) is 0. The fraction of sp³-hybridized carbons (Fsp3) is 0.750. The smallest absolute Gasteiger partial charge is 0.172 e. The first kappa shape index (κ1) is 10.00. The molecule has 1 heterocycles. The Hall–Kier alpha value is -1.19. The molecule has 1 atom stereocenters. The van der Waals surface area contributed by atoms with E-state index in [1.54, 1.807) is 0 Å². The van der Waals surface area contributed by atoms with E-state index in [1.807, 2.05) is 4.68 Å². The van der Waals surface area contributed by atoms with Gasteiger partial charge in [-0.05, 0) is 38.5 Å². The summed E-state index contributed by atoms with van der Waals surface area (Å²) in [6, 6.07) is 0.414. The highest BCUT2D eigenvalue weighted by atomic mass is 16.1. The molecule has 4 nitrogen and oxygen atoms in total. The average Bonchev–Trinajstić information content (AvgIpc) is 2.97. The Morgan fingerprint density at radius 2 is 2.12 bits per heavy atom. The van der Waals surface area contributed by atoms with Crippen LogP contribution < -0.4 is 0 Å². The SMILES string of the molecule is CC(C1CC1)n1nnc(C=O)c1C1CCC1. The Morgan fingerprint density at radius 3 is 2.62 bits per heavy atom. The van der Waals surface area contributed by atoms with E-state index in [0.29, 0.717) is 17.7 Å². The van der Waals surface area contributed by atoms with Crippen LogP contribution in [-0.2, 0) is 0 Å². The second kappa shape index (κ2) is 3.68. The Kier molecular flexibility index (Phi) is 2.30. The van der Waals surface area contributed by atoms with Crippen molar-refractivity contribution in [2.24, 2.45) is 5.92 Å². The Morgan fingerprint density at radius 1 is 1.38 bits per heavy atom. The fourth-order valence-electron chi connectivity index (χ4n) is 2.55. The predicted molar refractivity (Wildman–Crippen MR) is 59.4 cm³/mol. The molecule has 1 aromatic heterocycles. The maximum Gasteiger partial charge on any atom is 0.172 e. The molecular formula is C12H17N3O. The number of rotatable bonds is 4. The number of hydrogen-bond acceptors (Lipinski definition) is 3. The molecule has 86 valence electrons. The van der Waals surface area contributed by atoms with Crippen LogP contribution in [0.25, 0.3) is 0 Å². The van der Waals surface area contributed by atoms with Gasteiger partial charge < -0.3 is 0 Å². The van der Waals surface area contributed by atoms with Crippen LogP contribution in [0.2, 0.25) is 0 Å². The Balaban J connectivity index is 1.95. The Labute approximate surface area is 95.0 Å². The van der Waals surface area contributed by atoms with Crippen molar-refractivity contribution < 1.29 is 4.79 Å². The molecule has 2 aliphatic carbocycles. The van der Waals surface area contributed by atoms with Crippen molar-refractivity contribution >= 4 is 6.29 Å². The van der Waals surface area contributed by atoms with E-state index in [4.69, 9.17) is 0 Å². The largest absolute Gasteiger partial charge is 0.296 e. The van der Waals surface area contributed by atoms with Crippen LogP contribution in [0.4, 0.5) is 0 Å². The quantitative estimate of drug-likeness (QED) is 0.730. The zero-order valence-electron chi connectivity index (χ0n) is 9.59. The summed E-state index contributed by atoms with van der Waals surface area (Å²) in [4.78, 5) is 11.0. The third-order valence-corrected chi connectivity index (χ3v) is 4.05. The molecule has 0 bridgehead atoms. The van der Waals surface area contributed by atoms with Crippen molar-refractivity contribution in [3.05, 3.63) is 11.4 Å². The summed E-state index contributed by atoms with van der Waals surface area (Å²) in [6.45, 7) is 2.20. The second-order valence-electron chi connectivity index (χ2n) is 5.13. The first-order valence-corrected chi connectivity index (χ1v) is 6.21. The molecule has 0 amide bonds. The van der Waals surface area contributed by atoms with E-state index >= 15 is 0 Å². The van der Waals surface area contributed by atoms with Gasteiger partial charge in [0.05, 0.1) is 11.7 Å². The lowest BCUT2D eigenvalue weighted by atomic mass is 9.82. The van der Waals surface area contributed by atoms with Gasteiger partial charge in [0.15, 0.2) is 6.29 Å². The minimum absolute atomic E-state index is 0.414. The predicted octanol–water partition coefficient (Wildman–Crippen LogP) is 2.33. The Bertz CT molecular complexity index is 404. The maximum atomic E-state index is 11.0. The molecule has 2 fully saturated rings. The zero-order valence-corrected chi connectivity index (χ0v) is 9.59. The number of nitrogens with zero attached hydrogens (tertiary/aromatic N) is 3. The third-order valence-electron chi connectivity index (χ3n) is 4.05. The topological polar surface area (TPSA) is 47.8 Å².